The number of anilines is 1. The van der Waals surface area contributed by atoms with Crippen LogP contribution in [0.2, 0.25) is 5.02 Å². The minimum absolute atomic E-state index is 0.401. The van der Waals surface area contributed by atoms with Gasteiger partial charge in [-0.3, -0.25) is 0 Å². The zero-order valence-electron chi connectivity index (χ0n) is 12.6. The average Bonchev–Trinajstić information content (AvgIpc) is 3.04. The number of halogens is 1. The number of hydrogen-bond donors (Lipinski definition) is 1. The van der Waals surface area contributed by atoms with Crippen LogP contribution in [0, 0.1) is 0 Å². The van der Waals surface area contributed by atoms with Crippen LogP contribution in [0.3, 0.4) is 0 Å². The van der Waals surface area contributed by atoms with E-state index in [2.05, 4.69) is 15.5 Å². The third kappa shape index (κ3) is 4.02. The molecule has 1 aromatic heterocycles. The molecular formula is C17H16ClN3O2. The van der Waals surface area contributed by atoms with Gasteiger partial charge in [0.25, 0.3) is 0 Å². The highest BCUT2D eigenvalue weighted by molar-refractivity contribution is 6.30. The van der Waals surface area contributed by atoms with E-state index in [1.54, 1.807) is 12.1 Å². The highest BCUT2D eigenvalue weighted by atomic mass is 35.5. The summed E-state index contributed by atoms with van der Waals surface area (Å²) in [6.45, 7) is 2.37. The average molecular weight is 330 g/mol. The lowest BCUT2D eigenvalue weighted by Gasteiger charge is -2.12. The van der Waals surface area contributed by atoms with Crippen molar-refractivity contribution < 1.29 is 9.15 Å². The Morgan fingerprint density at radius 2 is 1.87 bits per heavy atom. The van der Waals surface area contributed by atoms with Crippen LogP contribution in [0.4, 0.5) is 5.69 Å². The van der Waals surface area contributed by atoms with Gasteiger partial charge in [-0.1, -0.05) is 36.7 Å². The maximum absolute atomic E-state index is 6.08. The number of nitrogens with one attached hydrogen (secondary N) is 1. The van der Waals surface area contributed by atoms with Crippen molar-refractivity contribution in [2.24, 2.45) is 0 Å². The molecule has 0 unspecified atom stereocenters. The van der Waals surface area contributed by atoms with Gasteiger partial charge in [0, 0.05) is 11.4 Å². The minimum atomic E-state index is 0.401. The molecule has 0 aliphatic heterocycles. The molecule has 0 bridgehead atoms. The summed E-state index contributed by atoms with van der Waals surface area (Å²) in [5.41, 5.74) is 0.762. The molecule has 0 atom stereocenters. The lowest BCUT2D eigenvalue weighted by atomic mass is 10.3. The van der Waals surface area contributed by atoms with Crippen LogP contribution in [0.1, 0.15) is 18.7 Å². The van der Waals surface area contributed by atoms with E-state index >= 15 is 0 Å². The Morgan fingerprint density at radius 1 is 1.09 bits per heavy atom. The maximum atomic E-state index is 6.08. The summed E-state index contributed by atoms with van der Waals surface area (Å²) in [6, 6.07) is 15.0. The first-order valence-corrected chi connectivity index (χ1v) is 7.70. The Bertz CT molecular complexity index is 775. The van der Waals surface area contributed by atoms with Gasteiger partial charge in [0.15, 0.2) is 5.75 Å². The summed E-state index contributed by atoms with van der Waals surface area (Å²) < 4.78 is 11.4. The van der Waals surface area contributed by atoms with Gasteiger partial charge in [-0.15, -0.1) is 10.2 Å². The predicted molar refractivity (Wildman–Crippen MR) is 89.0 cm³/mol. The van der Waals surface area contributed by atoms with Gasteiger partial charge in [-0.05, 0) is 30.3 Å². The van der Waals surface area contributed by atoms with Crippen molar-refractivity contribution in [2.45, 2.75) is 19.9 Å². The Kier molecular flexibility index (Phi) is 4.78. The smallest absolute Gasteiger partial charge is 0.235 e. The summed E-state index contributed by atoms with van der Waals surface area (Å²) >= 11 is 6.08. The summed E-state index contributed by atoms with van der Waals surface area (Å²) in [7, 11) is 0. The molecule has 0 aliphatic carbocycles. The second-order valence-corrected chi connectivity index (χ2v) is 5.29. The summed E-state index contributed by atoms with van der Waals surface area (Å²) in [5, 5.41) is 11.8. The Hall–Kier alpha value is -2.53. The molecule has 118 valence electrons. The second kappa shape index (κ2) is 7.15. The second-order valence-electron chi connectivity index (χ2n) is 4.85. The molecule has 2 aromatic carbocycles. The molecule has 3 rings (SSSR count). The summed E-state index contributed by atoms with van der Waals surface area (Å²) in [5.74, 6) is 2.57. The molecule has 0 aliphatic rings. The van der Waals surface area contributed by atoms with Crippen LogP contribution >= 0.6 is 11.6 Å². The highest BCUT2D eigenvalue weighted by Crippen LogP contribution is 2.32. The number of aryl methyl sites for hydroxylation is 1. The minimum Gasteiger partial charge on any atom is -0.455 e. The van der Waals surface area contributed by atoms with E-state index in [4.69, 9.17) is 20.8 Å². The fourth-order valence-electron chi connectivity index (χ4n) is 2.02. The number of benzene rings is 2. The topological polar surface area (TPSA) is 60.2 Å². The number of para-hydroxylation sites is 1. The van der Waals surface area contributed by atoms with E-state index in [9.17, 15) is 0 Å². The van der Waals surface area contributed by atoms with Crippen LogP contribution in [-0.2, 0) is 13.0 Å². The van der Waals surface area contributed by atoms with E-state index in [0.717, 1.165) is 11.4 Å². The third-order valence-electron chi connectivity index (χ3n) is 3.15. The fourth-order valence-corrected chi connectivity index (χ4v) is 2.19. The van der Waals surface area contributed by atoms with Crippen molar-refractivity contribution in [3.05, 3.63) is 65.3 Å². The van der Waals surface area contributed by atoms with Crippen molar-refractivity contribution in [1.29, 1.82) is 0 Å². The molecule has 1 heterocycles. The number of rotatable bonds is 6. The zero-order valence-corrected chi connectivity index (χ0v) is 13.4. The molecular weight excluding hydrogens is 314 g/mol. The fraction of sp³-hybridized carbons (Fsp3) is 0.176. The molecule has 0 fully saturated rings. The lowest BCUT2D eigenvalue weighted by Crippen LogP contribution is -2.01. The van der Waals surface area contributed by atoms with Crippen molar-refractivity contribution in [3.8, 4) is 11.5 Å². The van der Waals surface area contributed by atoms with Crippen molar-refractivity contribution in [2.75, 3.05) is 5.32 Å². The Labute approximate surface area is 139 Å². The molecule has 0 amide bonds. The molecule has 1 N–H and O–H groups in total. The van der Waals surface area contributed by atoms with Crippen molar-refractivity contribution >= 4 is 17.3 Å². The summed E-state index contributed by atoms with van der Waals surface area (Å²) in [4.78, 5) is 0. The SMILES string of the molecule is CCc1nnc(CNc2cc(Cl)ccc2Oc2ccccc2)o1. The molecule has 6 heteroatoms. The van der Waals surface area contributed by atoms with Crippen LogP contribution in [0.5, 0.6) is 11.5 Å². The quantitative estimate of drug-likeness (QED) is 0.711. The first kappa shape index (κ1) is 15.4. The van der Waals surface area contributed by atoms with Crippen LogP contribution in [-0.4, -0.2) is 10.2 Å². The Balaban J connectivity index is 1.76. The van der Waals surface area contributed by atoms with Crippen LogP contribution in [0.25, 0.3) is 0 Å². The number of aromatic nitrogens is 2. The van der Waals surface area contributed by atoms with Crippen molar-refractivity contribution in [3.63, 3.8) is 0 Å². The maximum Gasteiger partial charge on any atom is 0.235 e. The monoisotopic (exact) mass is 329 g/mol. The van der Waals surface area contributed by atoms with Gasteiger partial charge in [0.05, 0.1) is 12.2 Å². The molecule has 23 heavy (non-hydrogen) atoms. The lowest BCUT2D eigenvalue weighted by molar-refractivity contribution is 0.459. The third-order valence-corrected chi connectivity index (χ3v) is 3.39. The van der Waals surface area contributed by atoms with E-state index in [1.807, 2.05) is 43.3 Å². The van der Waals surface area contributed by atoms with Gasteiger partial charge in [-0.25, -0.2) is 0 Å². The van der Waals surface area contributed by atoms with Gasteiger partial charge in [0.1, 0.15) is 5.75 Å². The largest absolute Gasteiger partial charge is 0.455 e. The normalized spacial score (nSPS) is 10.5. The van der Waals surface area contributed by atoms with Gasteiger partial charge < -0.3 is 14.5 Å². The van der Waals surface area contributed by atoms with Gasteiger partial charge in [-0.2, -0.15) is 0 Å². The van der Waals surface area contributed by atoms with Crippen LogP contribution in [0.15, 0.2) is 52.9 Å². The first-order chi connectivity index (χ1) is 11.2. The standard InChI is InChI=1S/C17H16ClN3O2/c1-2-16-20-21-17(23-16)11-19-14-10-12(18)8-9-15(14)22-13-6-4-3-5-7-13/h3-10,19H,2,11H2,1H3. The number of nitrogens with zero attached hydrogens (tertiary/aromatic N) is 2. The molecule has 0 saturated heterocycles. The van der Waals surface area contributed by atoms with E-state index in [-0.39, 0.29) is 0 Å². The zero-order chi connectivity index (χ0) is 16.1. The molecule has 0 saturated carbocycles. The van der Waals surface area contributed by atoms with E-state index in [0.29, 0.717) is 35.5 Å². The molecule has 3 aromatic rings. The van der Waals surface area contributed by atoms with Gasteiger partial charge >= 0.3 is 0 Å². The molecule has 5 nitrogen and oxygen atoms in total. The highest BCUT2D eigenvalue weighted by Gasteiger charge is 2.09. The van der Waals surface area contributed by atoms with E-state index < -0.39 is 0 Å². The first-order valence-electron chi connectivity index (χ1n) is 7.32. The summed E-state index contributed by atoms with van der Waals surface area (Å²) in [6.07, 6.45) is 0.715. The van der Waals surface area contributed by atoms with Crippen LogP contribution < -0.4 is 10.1 Å². The van der Waals surface area contributed by atoms with Crippen molar-refractivity contribution in [1.82, 2.24) is 10.2 Å². The number of hydrogen-bond acceptors (Lipinski definition) is 5. The van der Waals surface area contributed by atoms with Gasteiger partial charge in [0.2, 0.25) is 11.8 Å². The predicted octanol–water partition coefficient (Wildman–Crippen LogP) is 4.69. The van der Waals surface area contributed by atoms with E-state index in [1.165, 1.54) is 0 Å². The number of ether oxygens (including phenoxy) is 1. The molecule has 0 spiro atoms. The Morgan fingerprint density at radius 3 is 2.61 bits per heavy atom. The molecule has 0 radical (unpaired) electrons.